The molecule has 3 nitrogen and oxygen atoms in total. The Balaban J connectivity index is 1.82. The summed E-state index contributed by atoms with van der Waals surface area (Å²) in [5.74, 6) is 1.10. The van der Waals surface area contributed by atoms with Gasteiger partial charge in [0.2, 0.25) is 0 Å². The zero-order chi connectivity index (χ0) is 19.7. The smallest absolute Gasteiger partial charge is 0.194 e. The predicted octanol–water partition coefficient (Wildman–Crippen LogP) is 5.19. The third kappa shape index (κ3) is 2.53. The zero-order valence-electron chi connectivity index (χ0n) is 17.7. The molecular weight excluding hydrogens is 334 g/mol. The lowest BCUT2D eigenvalue weighted by Gasteiger charge is -2.49. The lowest BCUT2D eigenvalue weighted by molar-refractivity contribution is -0.0979. The van der Waals surface area contributed by atoms with Gasteiger partial charge in [0.1, 0.15) is 6.61 Å². The molecule has 2 fully saturated rings. The highest BCUT2D eigenvalue weighted by Gasteiger charge is 2.71. The lowest BCUT2D eigenvalue weighted by Crippen LogP contribution is -2.53. The Kier molecular flexibility index (Phi) is 4.10. The van der Waals surface area contributed by atoms with Gasteiger partial charge in [0.25, 0.3) is 0 Å². The monoisotopic (exact) mass is 369 g/mol. The molecule has 1 heterocycles. The fourth-order valence-corrected chi connectivity index (χ4v) is 6.03. The SMILES string of the molecule is CC(C)(C)[C@H]1COC([C@H](c2ccccc2)[C@@]2(O)C[C@@H]3CC[C@@]2(C)C3(C)C)=N1. The molecule has 5 atom stereocenters. The van der Waals surface area contributed by atoms with E-state index in [0.29, 0.717) is 12.5 Å². The number of fused-ring (bicyclic) bond motifs is 2. The van der Waals surface area contributed by atoms with E-state index in [0.717, 1.165) is 24.3 Å². The van der Waals surface area contributed by atoms with Gasteiger partial charge in [-0.25, -0.2) is 4.99 Å². The van der Waals surface area contributed by atoms with Gasteiger partial charge in [-0.2, -0.15) is 0 Å². The maximum absolute atomic E-state index is 12.3. The Labute approximate surface area is 164 Å². The molecule has 2 bridgehead atoms. The molecular formula is C24H35NO2. The minimum atomic E-state index is -0.827. The summed E-state index contributed by atoms with van der Waals surface area (Å²) in [6, 6.07) is 10.5. The van der Waals surface area contributed by atoms with E-state index in [9.17, 15) is 5.11 Å². The number of hydrogen-bond acceptors (Lipinski definition) is 3. The third-order valence-electron chi connectivity index (χ3n) is 8.48. The van der Waals surface area contributed by atoms with Gasteiger partial charge in [0.15, 0.2) is 5.90 Å². The van der Waals surface area contributed by atoms with Crippen molar-refractivity contribution < 1.29 is 9.84 Å². The summed E-state index contributed by atoms with van der Waals surface area (Å²) in [6.45, 7) is 14.2. The molecule has 2 saturated carbocycles. The molecule has 2 aliphatic carbocycles. The standard InChI is InChI=1S/C24H35NO2/c1-21(2,3)18-15-27-20(25-18)19(16-10-8-7-9-11-16)24(26)14-17-12-13-23(24,6)22(17,4)5/h7-11,17-19,26H,12-15H2,1-6H3/t17-,18+,19-,23-,24-/m0/s1. The number of aliphatic imine (C=N–C) groups is 1. The lowest BCUT2D eigenvalue weighted by atomic mass is 9.59. The minimum Gasteiger partial charge on any atom is -0.478 e. The highest BCUT2D eigenvalue weighted by atomic mass is 16.5. The predicted molar refractivity (Wildman–Crippen MR) is 110 cm³/mol. The molecule has 0 amide bonds. The van der Waals surface area contributed by atoms with Crippen LogP contribution < -0.4 is 0 Å². The highest BCUT2D eigenvalue weighted by molar-refractivity contribution is 5.87. The molecule has 1 N–H and O–H groups in total. The van der Waals surface area contributed by atoms with E-state index in [-0.39, 0.29) is 28.2 Å². The van der Waals surface area contributed by atoms with E-state index in [4.69, 9.17) is 9.73 Å². The molecule has 0 aromatic heterocycles. The van der Waals surface area contributed by atoms with Gasteiger partial charge >= 0.3 is 0 Å². The van der Waals surface area contributed by atoms with Crippen molar-refractivity contribution in [3.05, 3.63) is 35.9 Å². The molecule has 0 spiro atoms. The van der Waals surface area contributed by atoms with Gasteiger partial charge in [-0.15, -0.1) is 0 Å². The first-order valence-corrected chi connectivity index (χ1v) is 10.5. The van der Waals surface area contributed by atoms with E-state index in [1.54, 1.807) is 0 Å². The van der Waals surface area contributed by atoms with Gasteiger partial charge in [-0.3, -0.25) is 0 Å². The van der Waals surface area contributed by atoms with Crippen LogP contribution in [-0.2, 0) is 4.74 Å². The van der Waals surface area contributed by atoms with Crippen LogP contribution in [0.5, 0.6) is 0 Å². The summed E-state index contributed by atoms with van der Waals surface area (Å²) in [5.41, 5.74) is 0.335. The van der Waals surface area contributed by atoms with Crippen LogP contribution in [-0.4, -0.2) is 29.3 Å². The van der Waals surface area contributed by atoms with Gasteiger partial charge in [-0.05, 0) is 41.6 Å². The Bertz CT molecular complexity index is 747. The molecule has 27 heavy (non-hydrogen) atoms. The summed E-state index contributed by atoms with van der Waals surface area (Å²) in [6.07, 6.45) is 3.12. The molecule has 148 valence electrons. The summed E-state index contributed by atoms with van der Waals surface area (Å²) < 4.78 is 6.20. The first-order chi connectivity index (χ1) is 12.5. The number of hydrogen-bond donors (Lipinski definition) is 1. The molecule has 3 heteroatoms. The summed E-state index contributed by atoms with van der Waals surface area (Å²) >= 11 is 0. The van der Waals surface area contributed by atoms with Crippen LogP contribution in [0.4, 0.5) is 0 Å². The average Bonchev–Trinajstić information content (AvgIpc) is 3.19. The first-order valence-electron chi connectivity index (χ1n) is 10.5. The van der Waals surface area contributed by atoms with Crippen molar-refractivity contribution >= 4 is 5.90 Å². The molecule has 3 aliphatic rings. The maximum Gasteiger partial charge on any atom is 0.194 e. The third-order valence-corrected chi connectivity index (χ3v) is 8.48. The van der Waals surface area contributed by atoms with Crippen molar-refractivity contribution in [3.8, 4) is 0 Å². The minimum absolute atomic E-state index is 0.0590. The van der Waals surface area contributed by atoms with Crippen LogP contribution in [0.15, 0.2) is 35.3 Å². The highest BCUT2D eigenvalue weighted by Crippen LogP contribution is 2.72. The molecule has 1 aliphatic heterocycles. The second kappa shape index (κ2) is 5.83. The van der Waals surface area contributed by atoms with Gasteiger partial charge in [-0.1, -0.05) is 71.9 Å². The average molecular weight is 370 g/mol. The number of rotatable bonds is 3. The van der Waals surface area contributed by atoms with E-state index in [2.05, 4.69) is 65.8 Å². The van der Waals surface area contributed by atoms with Crippen molar-refractivity contribution in [2.45, 2.75) is 78.4 Å². The van der Waals surface area contributed by atoms with Crippen LogP contribution >= 0.6 is 0 Å². The van der Waals surface area contributed by atoms with Crippen LogP contribution in [0, 0.1) is 22.2 Å². The van der Waals surface area contributed by atoms with Crippen LogP contribution in [0.3, 0.4) is 0 Å². The number of nitrogens with zero attached hydrogens (tertiary/aromatic N) is 1. The van der Waals surface area contributed by atoms with E-state index >= 15 is 0 Å². The molecule has 1 aromatic rings. The number of aliphatic hydroxyl groups is 1. The van der Waals surface area contributed by atoms with Crippen molar-refractivity contribution in [2.24, 2.45) is 27.2 Å². The second-order valence-electron chi connectivity index (χ2n) is 10.9. The topological polar surface area (TPSA) is 41.8 Å². The Morgan fingerprint density at radius 1 is 1.15 bits per heavy atom. The molecule has 0 saturated heterocycles. The Hall–Kier alpha value is -1.35. The first kappa shape index (κ1) is 19.0. The molecule has 4 rings (SSSR count). The second-order valence-corrected chi connectivity index (χ2v) is 10.9. The van der Waals surface area contributed by atoms with Crippen LogP contribution in [0.2, 0.25) is 0 Å². The molecule has 1 aromatic carbocycles. The Morgan fingerprint density at radius 2 is 1.81 bits per heavy atom. The summed E-state index contributed by atoms with van der Waals surface area (Å²) in [4.78, 5) is 5.02. The van der Waals surface area contributed by atoms with Crippen LogP contribution in [0.1, 0.15) is 72.3 Å². The normalized spacial score (nSPS) is 38.6. The van der Waals surface area contributed by atoms with Gasteiger partial charge in [0, 0.05) is 5.41 Å². The largest absolute Gasteiger partial charge is 0.478 e. The number of ether oxygens (including phenoxy) is 1. The quantitative estimate of drug-likeness (QED) is 0.796. The summed E-state index contributed by atoms with van der Waals surface area (Å²) in [5, 5.41) is 12.3. The number of benzene rings is 1. The zero-order valence-corrected chi connectivity index (χ0v) is 17.7. The molecule has 0 radical (unpaired) electrons. The van der Waals surface area contributed by atoms with Gasteiger partial charge in [0.05, 0.1) is 17.6 Å². The van der Waals surface area contributed by atoms with Crippen LogP contribution in [0.25, 0.3) is 0 Å². The van der Waals surface area contributed by atoms with Crippen molar-refractivity contribution in [1.29, 1.82) is 0 Å². The Morgan fingerprint density at radius 3 is 2.30 bits per heavy atom. The van der Waals surface area contributed by atoms with E-state index < -0.39 is 5.60 Å². The van der Waals surface area contributed by atoms with Crippen molar-refractivity contribution in [2.75, 3.05) is 6.61 Å². The fourth-order valence-electron chi connectivity index (χ4n) is 6.03. The summed E-state index contributed by atoms with van der Waals surface area (Å²) in [7, 11) is 0. The molecule has 0 unspecified atom stereocenters. The van der Waals surface area contributed by atoms with Gasteiger partial charge < -0.3 is 9.84 Å². The fraction of sp³-hybridized carbons (Fsp3) is 0.708. The van der Waals surface area contributed by atoms with E-state index in [1.165, 1.54) is 6.42 Å². The van der Waals surface area contributed by atoms with Crippen molar-refractivity contribution in [1.82, 2.24) is 0 Å². The van der Waals surface area contributed by atoms with E-state index in [1.807, 2.05) is 6.07 Å². The maximum atomic E-state index is 12.3. The van der Waals surface area contributed by atoms with Crippen molar-refractivity contribution in [3.63, 3.8) is 0 Å².